The van der Waals surface area contributed by atoms with Gasteiger partial charge in [-0.15, -0.1) is 0 Å². The first-order chi connectivity index (χ1) is 9.69. The van der Waals surface area contributed by atoms with Gasteiger partial charge in [-0.3, -0.25) is 4.98 Å². The first kappa shape index (κ1) is 16.4. The summed E-state index contributed by atoms with van der Waals surface area (Å²) in [5.74, 6) is 0.495. The van der Waals surface area contributed by atoms with E-state index in [1.807, 2.05) is 12.4 Å². The Balaban J connectivity index is 0.000000347. The Morgan fingerprint density at radius 3 is 1.85 bits per heavy atom. The molecule has 0 radical (unpaired) electrons. The van der Waals surface area contributed by atoms with Crippen LogP contribution in [0.5, 0.6) is 0 Å². The van der Waals surface area contributed by atoms with Gasteiger partial charge >= 0.3 is 0 Å². The van der Waals surface area contributed by atoms with Crippen molar-refractivity contribution in [1.82, 2.24) is 9.88 Å². The maximum absolute atomic E-state index is 4.06. The topological polar surface area (TPSA) is 16.1 Å². The fraction of sp³-hybridized carbons (Fsp3) is 0.389. The number of nitrogens with zero attached hydrogens (tertiary/aromatic N) is 2. The number of hydrogen-bond acceptors (Lipinski definition) is 2. The van der Waals surface area contributed by atoms with Gasteiger partial charge in [0, 0.05) is 18.3 Å². The summed E-state index contributed by atoms with van der Waals surface area (Å²) < 4.78 is 0. The highest BCUT2D eigenvalue weighted by Gasteiger charge is 2.10. The third kappa shape index (κ3) is 5.54. The molecule has 0 saturated carbocycles. The molecule has 1 unspecified atom stereocenters. The van der Waals surface area contributed by atoms with E-state index in [0.717, 1.165) is 13.0 Å². The van der Waals surface area contributed by atoms with Crippen molar-refractivity contribution in [1.29, 1.82) is 0 Å². The van der Waals surface area contributed by atoms with E-state index >= 15 is 0 Å². The van der Waals surface area contributed by atoms with Gasteiger partial charge in [0.2, 0.25) is 0 Å². The van der Waals surface area contributed by atoms with E-state index in [2.05, 4.69) is 80.3 Å². The van der Waals surface area contributed by atoms with Crippen LogP contribution in [0.15, 0.2) is 54.9 Å². The number of benzene rings is 1. The predicted octanol–water partition coefficient (Wildman–Crippen LogP) is 4.19. The molecule has 2 aromatic rings. The molecule has 1 aromatic heterocycles. The lowest BCUT2D eigenvalue weighted by Gasteiger charge is -2.15. The normalized spacial score (nSPS) is 11.7. The van der Waals surface area contributed by atoms with Gasteiger partial charge in [-0.2, -0.15) is 0 Å². The molecule has 0 N–H and O–H groups in total. The molecule has 108 valence electrons. The number of aromatic nitrogens is 1. The van der Waals surface area contributed by atoms with Gasteiger partial charge in [-0.05, 0) is 50.3 Å². The van der Waals surface area contributed by atoms with Gasteiger partial charge in [-0.1, -0.05) is 44.2 Å². The molecule has 2 heteroatoms. The van der Waals surface area contributed by atoms with Crippen LogP contribution in [0.4, 0.5) is 0 Å². The SMILES string of the molecule is CCC(c1ccccc1)c1ccncc1.CCN(C)C. The summed E-state index contributed by atoms with van der Waals surface area (Å²) in [7, 11) is 4.11. The number of rotatable bonds is 4. The van der Waals surface area contributed by atoms with E-state index in [4.69, 9.17) is 0 Å². The Morgan fingerprint density at radius 2 is 1.40 bits per heavy atom. The van der Waals surface area contributed by atoms with Crippen LogP contribution in [0.3, 0.4) is 0 Å². The average molecular weight is 270 g/mol. The van der Waals surface area contributed by atoms with Crippen molar-refractivity contribution in [2.45, 2.75) is 26.2 Å². The molecule has 1 heterocycles. The molecular weight excluding hydrogens is 244 g/mol. The van der Waals surface area contributed by atoms with Crippen molar-refractivity contribution in [3.8, 4) is 0 Å². The van der Waals surface area contributed by atoms with E-state index < -0.39 is 0 Å². The summed E-state index contributed by atoms with van der Waals surface area (Å²) in [4.78, 5) is 6.18. The minimum Gasteiger partial charge on any atom is -0.310 e. The van der Waals surface area contributed by atoms with Crippen molar-refractivity contribution < 1.29 is 0 Å². The van der Waals surface area contributed by atoms with Gasteiger partial charge in [0.15, 0.2) is 0 Å². The Labute approximate surface area is 123 Å². The van der Waals surface area contributed by atoms with E-state index in [0.29, 0.717) is 5.92 Å². The van der Waals surface area contributed by atoms with E-state index in [9.17, 15) is 0 Å². The summed E-state index contributed by atoms with van der Waals surface area (Å²) in [6.07, 6.45) is 4.84. The van der Waals surface area contributed by atoms with Crippen LogP contribution in [0.2, 0.25) is 0 Å². The highest BCUT2D eigenvalue weighted by molar-refractivity contribution is 5.30. The minimum absolute atomic E-state index is 0.495. The second kappa shape index (κ2) is 9.27. The fourth-order valence-corrected chi connectivity index (χ4v) is 1.94. The molecule has 0 fully saturated rings. The van der Waals surface area contributed by atoms with Crippen molar-refractivity contribution in [3.63, 3.8) is 0 Å². The lowest BCUT2D eigenvalue weighted by molar-refractivity contribution is 0.434. The minimum atomic E-state index is 0.495. The van der Waals surface area contributed by atoms with Gasteiger partial charge in [0.1, 0.15) is 0 Å². The number of hydrogen-bond donors (Lipinski definition) is 0. The van der Waals surface area contributed by atoms with Crippen molar-refractivity contribution in [2.75, 3.05) is 20.6 Å². The maximum Gasteiger partial charge on any atom is 0.0270 e. The first-order valence-corrected chi connectivity index (χ1v) is 7.28. The zero-order valence-corrected chi connectivity index (χ0v) is 13.1. The molecule has 20 heavy (non-hydrogen) atoms. The molecule has 0 aliphatic carbocycles. The standard InChI is InChI=1S/C14H15N.C4H11N/c1-2-14(12-6-4-3-5-7-12)13-8-10-15-11-9-13;1-4-5(2)3/h3-11,14H,2H2,1H3;4H2,1-3H3. The highest BCUT2D eigenvalue weighted by atomic mass is 15.0. The molecule has 0 saturated heterocycles. The Morgan fingerprint density at radius 1 is 0.900 bits per heavy atom. The van der Waals surface area contributed by atoms with E-state index in [1.165, 1.54) is 11.1 Å². The van der Waals surface area contributed by atoms with Crippen LogP contribution in [0, 0.1) is 0 Å². The third-order valence-electron chi connectivity index (χ3n) is 3.35. The second-order valence-corrected chi connectivity index (χ2v) is 5.05. The predicted molar refractivity (Wildman–Crippen MR) is 87.0 cm³/mol. The fourth-order valence-electron chi connectivity index (χ4n) is 1.94. The zero-order valence-electron chi connectivity index (χ0n) is 13.1. The maximum atomic E-state index is 4.06. The van der Waals surface area contributed by atoms with Crippen LogP contribution in [-0.2, 0) is 0 Å². The van der Waals surface area contributed by atoms with Crippen LogP contribution in [-0.4, -0.2) is 30.5 Å². The smallest absolute Gasteiger partial charge is 0.0270 e. The van der Waals surface area contributed by atoms with Crippen molar-refractivity contribution >= 4 is 0 Å². The lowest BCUT2D eigenvalue weighted by atomic mass is 9.90. The number of pyridine rings is 1. The van der Waals surface area contributed by atoms with Crippen LogP contribution < -0.4 is 0 Å². The zero-order chi connectivity index (χ0) is 14.8. The highest BCUT2D eigenvalue weighted by Crippen LogP contribution is 2.26. The Hall–Kier alpha value is -1.67. The summed E-state index contributed by atoms with van der Waals surface area (Å²) >= 11 is 0. The summed E-state index contributed by atoms with van der Waals surface area (Å²) in [5.41, 5.74) is 2.73. The molecule has 0 spiro atoms. The molecule has 0 aliphatic heterocycles. The molecule has 2 nitrogen and oxygen atoms in total. The molecule has 0 amide bonds. The molecule has 0 aliphatic rings. The molecule has 1 aromatic carbocycles. The van der Waals surface area contributed by atoms with Crippen molar-refractivity contribution in [3.05, 3.63) is 66.0 Å². The molecule has 1 atom stereocenters. The summed E-state index contributed by atoms with van der Waals surface area (Å²) in [5, 5.41) is 0. The van der Waals surface area contributed by atoms with E-state index in [1.54, 1.807) is 0 Å². The van der Waals surface area contributed by atoms with Gasteiger partial charge < -0.3 is 4.90 Å². The van der Waals surface area contributed by atoms with Crippen molar-refractivity contribution in [2.24, 2.45) is 0 Å². The molecular formula is C18H26N2. The Bertz CT molecular complexity index is 412. The van der Waals surface area contributed by atoms with Gasteiger partial charge in [-0.25, -0.2) is 0 Å². The quantitative estimate of drug-likeness (QED) is 0.828. The van der Waals surface area contributed by atoms with Crippen LogP contribution >= 0.6 is 0 Å². The summed E-state index contributed by atoms with van der Waals surface area (Å²) in [6, 6.07) is 14.8. The monoisotopic (exact) mass is 270 g/mol. The average Bonchev–Trinajstić information content (AvgIpc) is 2.51. The Kier molecular flexibility index (Phi) is 7.59. The lowest BCUT2D eigenvalue weighted by Crippen LogP contribution is -2.08. The third-order valence-corrected chi connectivity index (χ3v) is 3.35. The van der Waals surface area contributed by atoms with Crippen LogP contribution in [0.1, 0.15) is 37.3 Å². The van der Waals surface area contributed by atoms with Crippen LogP contribution in [0.25, 0.3) is 0 Å². The molecule has 2 rings (SSSR count). The first-order valence-electron chi connectivity index (χ1n) is 7.28. The second-order valence-electron chi connectivity index (χ2n) is 5.05. The summed E-state index contributed by atoms with van der Waals surface area (Å²) in [6.45, 7) is 5.48. The van der Waals surface area contributed by atoms with E-state index in [-0.39, 0.29) is 0 Å². The van der Waals surface area contributed by atoms with Gasteiger partial charge in [0.25, 0.3) is 0 Å². The van der Waals surface area contributed by atoms with Gasteiger partial charge in [0.05, 0.1) is 0 Å². The molecule has 0 bridgehead atoms. The largest absolute Gasteiger partial charge is 0.310 e.